The highest BCUT2D eigenvalue weighted by Gasteiger charge is 2.16. The van der Waals surface area contributed by atoms with Crippen molar-refractivity contribution >= 4 is 22.8 Å². The molecule has 0 bridgehead atoms. The number of nitrogens with two attached hydrogens (primary N) is 1. The van der Waals surface area contributed by atoms with Gasteiger partial charge < -0.3 is 19.8 Å². The molecule has 172 valence electrons. The van der Waals surface area contributed by atoms with Crippen molar-refractivity contribution in [2.75, 3.05) is 13.2 Å². The largest absolute Gasteiger partial charge is 0.494 e. The average molecular weight is 431 g/mol. The maximum Gasteiger partial charge on any atom is 0.305 e. The zero-order valence-corrected chi connectivity index (χ0v) is 19.4. The van der Waals surface area contributed by atoms with Crippen molar-refractivity contribution in [3.8, 4) is 5.75 Å². The summed E-state index contributed by atoms with van der Waals surface area (Å²) in [5.74, 6) is 0.203. The molecule has 0 aliphatic heterocycles. The Morgan fingerprint density at radius 3 is 2.48 bits per heavy atom. The Morgan fingerprint density at radius 1 is 1.03 bits per heavy atom. The number of aromatic nitrogens is 1. The van der Waals surface area contributed by atoms with Crippen molar-refractivity contribution in [2.45, 2.75) is 85.1 Å². The quantitative estimate of drug-likeness (QED) is 0.316. The summed E-state index contributed by atoms with van der Waals surface area (Å²) in [7, 11) is 0. The molecular weight excluding hydrogens is 392 g/mol. The minimum absolute atomic E-state index is 0.201. The molecule has 2 rings (SSSR count). The van der Waals surface area contributed by atoms with Crippen LogP contribution in [0.15, 0.2) is 18.2 Å². The fourth-order valence-corrected chi connectivity index (χ4v) is 4.00. The number of fused-ring (bicyclic) bond motifs is 1. The summed E-state index contributed by atoms with van der Waals surface area (Å²) in [5.41, 5.74) is 8.72. The number of unbranched alkanes of at least 4 members (excludes halogenated alkanes) is 5. The maximum atomic E-state index is 11.7. The molecule has 0 fully saturated rings. The first-order valence-corrected chi connectivity index (χ1v) is 11.7. The standard InChI is InChI=1S/C25H38N2O4/c1-4-6-7-8-9-10-15-27-19(3)21(18-24(26)28)22-17-20(13-14-23(22)27)31-16-11-12-25(29)30-5-2/h13-14,17H,4-12,15-16,18H2,1-3H3,(H2,26,28). The first kappa shape index (κ1) is 24.8. The SMILES string of the molecule is CCCCCCCCn1c(C)c(CC(N)=O)c2cc(OCCCC(=O)OCC)ccc21. The van der Waals surface area contributed by atoms with Crippen LogP contribution < -0.4 is 10.5 Å². The molecule has 2 aromatic rings. The Hall–Kier alpha value is -2.50. The number of amides is 1. The Balaban J connectivity index is 2.09. The first-order valence-electron chi connectivity index (χ1n) is 11.7. The van der Waals surface area contributed by atoms with Crippen LogP contribution in [0.4, 0.5) is 0 Å². The van der Waals surface area contributed by atoms with Gasteiger partial charge in [0.15, 0.2) is 0 Å². The Labute approximate surface area is 186 Å². The minimum atomic E-state index is -0.331. The van der Waals surface area contributed by atoms with E-state index in [0.717, 1.165) is 40.9 Å². The van der Waals surface area contributed by atoms with Crippen molar-refractivity contribution in [3.05, 3.63) is 29.5 Å². The molecule has 1 aromatic carbocycles. The molecule has 1 amide bonds. The summed E-state index contributed by atoms with van der Waals surface area (Å²) >= 11 is 0. The lowest BCUT2D eigenvalue weighted by atomic mass is 10.1. The number of carbonyl (C=O) groups is 2. The van der Waals surface area contributed by atoms with E-state index in [1.54, 1.807) is 6.92 Å². The normalized spacial score (nSPS) is 11.1. The monoisotopic (exact) mass is 430 g/mol. The minimum Gasteiger partial charge on any atom is -0.494 e. The summed E-state index contributed by atoms with van der Waals surface area (Å²) in [5, 5.41) is 1.02. The summed E-state index contributed by atoms with van der Waals surface area (Å²) in [6, 6.07) is 6.01. The Morgan fingerprint density at radius 2 is 1.77 bits per heavy atom. The molecule has 31 heavy (non-hydrogen) atoms. The molecule has 1 aromatic heterocycles. The second kappa shape index (κ2) is 13.0. The van der Waals surface area contributed by atoms with Crippen LogP contribution in [0.2, 0.25) is 0 Å². The number of hydrogen-bond donors (Lipinski definition) is 1. The lowest BCUT2D eigenvalue weighted by Gasteiger charge is -2.10. The lowest BCUT2D eigenvalue weighted by molar-refractivity contribution is -0.143. The summed E-state index contributed by atoms with van der Waals surface area (Å²) in [4.78, 5) is 23.1. The van der Waals surface area contributed by atoms with E-state index in [9.17, 15) is 9.59 Å². The van der Waals surface area contributed by atoms with Gasteiger partial charge in [-0.25, -0.2) is 0 Å². The van der Waals surface area contributed by atoms with Crippen LogP contribution >= 0.6 is 0 Å². The van der Waals surface area contributed by atoms with Gasteiger partial charge in [0.25, 0.3) is 0 Å². The zero-order valence-electron chi connectivity index (χ0n) is 19.4. The van der Waals surface area contributed by atoms with E-state index in [0.29, 0.717) is 26.1 Å². The average Bonchev–Trinajstić information content (AvgIpc) is 2.98. The molecule has 0 aliphatic carbocycles. The Kier molecular flexibility index (Phi) is 10.4. The van der Waals surface area contributed by atoms with E-state index in [-0.39, 0.29) is 18.3 Å². The number of nitrogens with zero attached hydrogens (tertiary/aromatic N) is 1. The van der Waals surface area contributed by atoms with Crippen molar-refractivity contribution in [3.63, 3.8) is 0 Å². The topological polar surface area (TPSA) is 83.5 Å². The van der Waals surface area contributed by atoms with E-state index in [1.807, 2.05) is 12.1 Å². The van der Waals surface area contributed by atoms with Gasteiger partial charge in [0.05, 0.1) is 19.6 Å². The van der Waals surface area contributed by atoms with Gasteiger partial charge in [0, 0.05) is 29.6 Å². The van der Waals surface area contributed by atoms with Crippen LogP contribution in [0.5, 0.6) is 5.75 Å². The number of esters is 1. The van der Waals surface area contributed by atoms with E-state index in [4.69, 9.17) is 15.2 Å². The van der Waals surface area contributed by atoms with Crippen molar-refractivity contribution < 1.29 is 19.1 Å². The van der Waals surface area contributed by atoms with Gasteiger partial charge in [-0.3, -0.25) is 9.59 Å². The first-order chi connectivity index (χ1) is 15.0. The summed E-state index contributed by atoms with van der Waals surface area (Å²) in [6.45, 7) is 7.87. The highest BCUT2D eigenvalue weighted by Crippen LogP contribution is 2.30. The van der Waals surface area contributed by atoms with E-state index < -0.39 is 0 Å². The van der Waals surface area contributed by atoms with Gasteiger partial charge in [-0.2, -0.15) is 0 Å². The lowest BCUT2D eigenvalue weighted by Crippen LogP contribution is -2.14. The zero-order chi connectivity index (χ0) is 22.6. The number of ether oxygens (including phenoxy) is 2. The van der Waals surface area contributed by atoms with E-state index >= 15 is 0 Å². The van der Waals surface area contributed by atoms with Gasteiger partial charge in [-0.1, -0.05) is 39.0 Å². The van der Waals surface area contributed by atoms with E-state index in [2.05, 4.69) is 24.5 Å². The molecule has 0 atom stereocenters. The molecular formula is C25H38N2O4. The summed E-state index contributed by atoms with van der Waals surface area (Å²) in [6.07, 6.45) is 8.62. The van der Waals surface area contributed by atoms with Crippen molar-refractivity contribution in [2.24, 2.45) is 5.73 Å². The van der Waals surface area contributed by atoms with Crippen molar-refractivity contribution in [1.82, 2.24) is 4.57 Å². The van der Waals surface area contributed by atoms with Crippen LogP contribution in [0.25, 0.3) is 10.9 Å². The molecule has 0 spiro atoms. The number of benzene rings is 1. The van der Waals surface area contributed by atoms with Gasteiger partial charge in [-0.05, 0) is 50.5 Å². The van der Waals surface area contributed by atoms with Crippen molar-refractivity contribution in [1.29, 1.82) is 0 Å². The van der Waals surface area contributed by atoms with Gasteiger partial charge in [0.2, 0.25) is 5.91 Å². The molecule has 2 N–H and O–H groups in total. The van der Waals surface area contributed by atoms with Crippen LogP contribution in [-0.2, 0) is 27.3 Å². The number of rotatable bonds is 15. The third-order valence-corrected chi connectivity index (χ3v) is 5.61. The third kappa shape index (κ3) is 7.60. The Bertz CT molecular complexity index is 857. The molecule has 0 unspecified atom stereocenters. The molecule has 0 aliphatic rings. The molecule has 6 nitrogen and oxygen atoms in total. The van der Waals surface area contributed by atoms with Crippen LogP contribution in [0, 0.1) is 6.92 Å². The highest BCUT2D eigenvalue weighted by atomic mass is 16.5. The molecule has 0 radical (unpaired) electrons. The number of hydrogen-bond acceptors (Lipinski definition) is 4. The number of carbonyl (C=O) groups excluding carboxylic acids is 2. The number of aryl methyl sites for hydroxylation is 1. The molecule has 1 heterocycles. The summed E-state index contributed by atoms with van der Waals surface area (Å²) < 4.78 is 13.1. The van der Waals surface area contributed by atoms with Crippen LogP contribution in [0.3, 0.4) is 0 Å². The third-order valence-electron chi connectivity index (χ3n) is 5.61. The van der Waals surface area contributed by atoms with E-state index in [1.165, 1.54) is 32.1 Å². The fourth-order valence-electron chi connectivity index (χ4n) is 4.00. The maximum absolute atomic E-state index is 11.7. The molecule has 6 heteroatoms. The van der Waals surface area contributed by atoms with Gasteiger partial charge in [0.1, 0.15) is 5.75 Å². The second-order valence-electron chi connectivity index (χ2n) is 8.06. The smallest absolute Gasteiger partial charge is 0.305 e. The highest BCUT2D eigenvalue weighted by molar-refractivity contribution is 5.91. The van der Waals surface area contributed by atoms with Gasteiger partial charge in [-0.15, -0.1) is 0 Å². The fraction of sp³-hybridized carbons (Fsp3) is 0.600. The molecule has 0 saturated carbocycles. The number of primary amides is 1. The predicted octanol–water partition coefficient (Wildman–Crippen LogP) is 5.06. The van der Waals surface area contributed by atoms with Crippen LogP contribution in [-0.4, -0.2) is 29.7 Å². The molecule has 0 saturated heterocycles. The van der Waals surface area contributed by atoms with Gasteiger partial charge >= 0.3 is 5.97 Å². The second-order valence-corrected chi connectivity index (χ2v) is 8.06. The predicted molar refractivity (Wildman–Crippen MR) is 124 cm³/mol. The van der Waals surface area contributed by atoms with Crippen LogP contribution in [0.1, 0.15) is 76.5 Å².